The maximum atomic E-state index is 13.1. The van der Waals surface area contributed by atoms with Gasteiger partial charge >= 0.3 is 0 Å². The third-order valence-corrected chi connectivity index (χ3v) is 4.73. The van der Waals surface area contributed by atoms with Crippen LogP contribution in [0.1, 0.15) is 12.5 Å². The molecule has 134 valence electrons. The van der Waals surface area contributed by atoms with E-state index in [1.165, 1.54) is 35.2 Å². The number of phenols is 1. The molecule has 1 aliphatic rings. The van der Waals surface area contributed by atoms with E-state index in [2.05, 4.69) is 0 Å². The smallest absolute Gasteiger partial charge is 0.271 e. The molecule has 0 unspecified atom stereocenters. The molecule has 2 aromatic rings. The van der Waals surface area contributed by atoms with Crippen LogP contribution in [0.5, 0.6) is 11.5 Å². The fourth-order valence-corrected chi connectivity index (χ4v) is 3.49. The van der Waals surface area contributed by atoms with Gasteiger partial charge in [-0.25, -0.2) is 4.39 Å². The van der Waals surface area contributed by atoms with E-state index in [-0.39, 0.29) is 21.7 Å². The van der Waals surface area contributed by atoms with E-state index in [0.717, 1.165) is 11.8 Å². The van der Waals surface area contributed by atoms with Gasteiger partial charge in [-0.15, -0.1) is 0 Å². The third kappa shape index (κ3) is 3.54. The molecule has 3 rings (SSSR count). The molecule has 0 spiro atoms. The molecule has 0 bridgehead atoms. The number of amidine groups is 1. The van der Waals surface area contributed by atoms with Crippen molar-refractivity contribution in [2.75, 3.05) is 11.5 Å². The Morgan fingerprint density at radius 1 is 1.35 bits per heavy atom. The minimum absolute atomic E-state index is 0.0164. The number of amides is 1. The summed E-state index contributed by atoms with van der Waals surface area (Å²) in [6.07, 6.45) is 1.57. The van der Waals surface area contributed by atoms with E-state index in [9.17, 15) is 14.3 Å². The van der Waals surface area contributed by atoms with Crippen molar-refractivity contribution in [2.24, 2.45) is 0 Å². The lowest BCUT2D eigenvalue weighted by Crippen LogP contribution is -2.28. The molecule has 2 aromatic carbocycles. The first kappa shape index (κ1) is 18.3. The summed E-state index contributed by atoms with van der Waals surface area (Å²) in [5, 5.41) is 18.1. The van der Waals surface area contributed by atoms with E-state index in [1.54, 1.807) is 19.1 Å². The maximum absolute atomic E-state index is 13.1. The summed E-state index contributed by atoms with van der Waals surface area (Å²) < 4.78 is 18.4. The molecule has 1 heterocycles. The van der Waals surface area contributed by atoms with Gasteiger partial charge in [0.05, 0.1) is 22.2 Å². The van der Waals surface area contributed by atoms with Crippen molar-refractivity contribution >= 4 is 46.2 Å². The van der Waals surface area contributed by atoms with E-state index >= 15 is 0 Å². The van der Waals surface area contributed by atoms with Crippen LogP contribution in [-0.2, 0) is 4.79 Å². The number of halogens is 2. The normalized spacial score (nSPS) is 15.8. The third-order valence-electron chi connectivity index (χ3n) is 3.56. The van der Waals surface area contributed by atoms with Gasteiger partial charge in [0.15, 0.2) is 16.7 Å². The minimum Gasteiger partial charge on any atom is -0.503 e. The SMILES string of the molecule is CCOc1cc(/C=C2/SC(=N)N(c3ccc(F)cc3)C2=O)cc(Cl)c1O. The second-order valence-corrected chi connectivity index (χ2v) is 6.75. The number of thioether (sulfide) groups is 1. The lowest BCUT2D eigenvalue weighted by atomic mass is 10.1. The number of aromatic hydroxyl groups is 1. The summed E-state index contributed by atoms with van der Waals surface area (Å²) in [4.78, 5) is 14.2. The number of nitrogens with zero attached hydrogens (tertiary/aromatic N) is 1. The highest BCUT2D eigenvalue weighted by atomic mass is 35.5. The first-order valence-electron chi connectivity index (χ1n) is 7.64. The van der Waals surface area contributed by atoms with Crippen molar-refractivity contribution in [1.82, 2.24) is 0 Å². The van der Waals surface area contributed by atoms with Gasteiger partial charge in [0.2, 0.25) is 0 Å². The summed E-state index contributed by atoms with van der Waals surface area (Å²) in [5.41, 5.74) is 0.969. The van der Waals surface area contributed by atoms with Crippen LogP contribution in [-0.4, -0.2) is 22.8 Å². The second-order valence-electron chi connectivity index (χ2n) is 5.32. The minimum atomic E-state index is -0.419. The first-order chi connectivity index (χ1) is 12.4. The number of carbonyl (C=O) groups excluding carboxylic acids is 1. The molecule has 8 heteroatoms. The standard InChI is InChI=1S/C18H14ClFN2O3S/c1-2-25-14-8-10(7-13(19)16(14)23)9-15-17(24)22(18(21)26-15)12-5-3-11(20)4-6-12/h3-9,21,23H,2H2,1H3/b15-9+,21-18?. The van der Waals surface area contributed by atoms with E-state index in [1.807, 2.05) is 0 Å². The van der Waals surface area contributed by atoms with Gasteiger partial charge in [-0.3, -0.25) is 15.1 Å². The fraction of sp³-hybridized carbons (Fsp3) is 0.111. The van der Waals surface area contributed by atoms with E-state index < -0.39 is 11.7 Å². The first-order valence-corrected chi connectivity index (χ1v) is 8.83. The van der Waals surface area contributed by atoms with Crippen molar-refractivity contribution in [3.63, 3.8) is 0 Å². The molecule has 0 radical (unpaired) electrons. The van der Waals surface area contributed by atoms with Gasteiger partial charge in [-0.1, -0.05) is 11.6 Å². The lowest BCUT2D eigenvalue weighted by Gasteiger charge is -2.14. The number of carbonyl (C=O) groups is 1. The molecule has 1 fully saturated rings. The molecular weight excluding hydrogens is 379 g/mol. The molecular formula is C18H14ClFN2O3S. The molecule has 0 aromatic heterocycles. The Morgan fingerprint density at radius 3 is 2.69 bits per heavy atom. The molecule has 2 N–H and O–H groups in total. The molecule has 26 heavy (non-hydrogen) atoms. The largest absolute Gasteiger partial charge is 0.503 e. The maximum Gasteiger partial charge on any atom is 0.271 e. The zero-order valence-electron chi connectivity index (χ0n) is 13.6. The summed E-state index contributed by atoms with van der Waals surface area (Å²) in [5.74, 6) is -0.763. The molecule has 1 saturated heterocycles. The summed E-state index contributed by atoms with van der Waals surface area (Å²) >= 11 is 6.99. The molecule has 0 atom stereocenters. The zero-order valence-corrected chi connectivity index (χ0v) is 15.2. The highest BCUT2D eigenvalue weighted by molar-refractivity contribution is 8.19. The van der Waals surface area contributed by atoms with Crippen molar-refractivity contribution < 1.29 is 19.0 Å². The van der Waals surface area contributed by atoms with E-state index in [0.29, 0.717) is 22.8 Å². The number of hydrogen-bond acceptors (Lipinski definition) is 5. The second kappa shape index (κ2) is 7.39. The molecule has 0 saturated carbocycles. The number of phenolic OH excluding ortho intramolecular Hbond substituents is 1. The van der Waals surface area contributed by atoms with Crippen LogP contribution in [0, 0.1) is 11.2 Å². The monoisotopic (exact) mass is 392 g/mol. The van der Waals surface area contributed by atoms with Crippen LogP contribution in [0.25, 0.3) is 6.08 Å². The Bertz CT molecular complexity index is 915. The zero-order chi connectivity index (χ0) is 18.8. The number of benzene rings is 2. The number of ether oxygens (including phenoxy) is 1. The van der Waals surface area contributed by atoms with Crippen LogP contribution in [0.4, 0.5) is 10.1 Å². The van der Waals surface area contributed by atoms with Crippen LogP contribution in [0.15, 0.2) is 41.3 Å². The Labute approximate surface area is 158 Å². The summed E-state index contributed by atoms with van der Waals surface area (Å²) in [7, 11) is 0. The summed E-state index contributed by atoms with van der Waals surface area (Å²) in [6, 6.07) is 8.42. The number of hydrogen-bond donors (Lipinski definition) is 2. The Balaban J connectivity index is 1.94. The van der Waals surface area contributed by atoms with Crippen molar-refractivity contribution in [2.45, 2.75) is 6.92 Å². The lowest BCUT2D eigenvalue weighted by molar-refractivity contribution is -0.113. The number of anilines is 1. The van der Waals surface area contributed by atoms with E-state index in [4.69, 9.17) is 21.7 Å². The average molecular weight is 393 g/mol. The van der Waals surface area contributed by atoms with Crippen molar-refractivity contribution in [3.05, 3.63) is 57.7 Å². The number of rotatable bonds is 4. The van der Waals surface area contributed by atoms with Crippen LogP contribution < -0.4 is 9.64 Å². The highest BCUT2D eigenvalue weighted by Crippen LogP contribution is 2.39. The van der Waals surface area contributed by atoms with Crippen LogP contribution in [0.3, 0.4) is 0 Å². The van der Waals surface area contributed by atoms with Gasteiger partial charge in [0, 0.05) is 0 Å². The van der Waals surface area contributed by atoms with Gasteiger partial charge in [0.1, 0.15) is 5.82 Å². The van der Waals surface area contributed by atoms with Gasteiger partial charge < -0.3 is 9.84 Å². The predicted octanol–water partition coefficient (Wildman–Crippen LogP) is 4.64. The Morgan fingerprint density at radius 2 is 2.04 bits per heavy atom. The fourth-order valence-electron chi connectivity index (χ4n) is 2.41. The molecule has 1 aliphatic heterocycles. The molecule has 5 nitrogen and oxygen atoms in total. The Hall–Kier alpha value is -2.51. The van der Waals surface area contributed by atoms with Gasteiger partial charge in [-0.2, -0.15) is 0 Å². The van der Waals surface area contributed by atoms with Crippen molar-refractivity contribution in [1.29, 1.82) is 5.41 Å². The quantitative estimate of drug-likeness (QED) is 0.743. The van der Waals surface area contributed by atoms with Crippen molar-refractivity contribution in [3.8, 4) is 11.5 Å². The topological polar surface area (TPSA) is 73.6 Å². The predicted molar refractivity (Wildman–Crippen MR) is 101 cm³/mol. The van der Waals surface area contributed by atoms with Crippen LogP contribution in [0.2, 0.25) is 5.02 Å². The molecule has 1 amide bonds. The van der Waals surface area contributed by atoms with Crippen LogP contribution >= 0.6 is 23.4 Å². The molecule has 0 aliphatic carbocycles. The average Bonchev–Trinajstić information content (AvgIpc) is 2.87. The Kier molecular flexibility index (Phi) is 5.20. The highest BCUT2D eigenvalue weighted by Gasteiger charge is 2.33. The number of nitrogens with one attached hydrogen (secondary N) is 1. The van der Waals surface area contributed by atoms with Gasteiger partial charge in [-0.05, 0) is 66.7 Å². The summed E-state index contributed by atoms with van der Waals surface area (Å²) in [6.45, 7) is 2.12. The van der Waals surface area contributed by atoms with Gasteiger partial charge in [0.25, 0.3) is 5.91 Å².